The van der Waals surface area contributed by atoms with Crippen LogP contribution in [-0.2, 0) is 11.3 Å². The Morgan fingerprint density at radius 3 is 2.56 bits per heavy atom. The molecule has 0 unspecified atom stereocenters. The highest BCUT2D eigenvalue weighted by Gasteiger charge is 2.10. The summed E-state index contributed by atoms with van der Waals surface area (Å²) in [6.07, 6.45) is 4.77. The highest BCUT2D eigenvalue weighted by molar-refractivity contribution is 6.30. The van der Waals surface area contributed by atoms with Crippen molar-refractivity contribution in [3.8, 4) is 0 Å². The van der Waals surface area contributed by atoms with Crippen LogP contribution in [0.4, 0.5) is 5.82 Å². The van der Waals surface area contributed by atoms with Gasteiger partial charge in [-0.3, -0.25) is 9.48 Å². The fraction of sp³-hybridized carbons (Fsp3) is 0.190. The lowest BCUT2D eigenvalue weighted by Crippen LogP contribution is -2.09. The Hall–Kier alpha value is -2.92. The lowest BCUT2D eigenvalue weighted by molar-refractivity contribution is -0.111. The Bertz CT molecular complexity index is 973. The van der Waals surface area contributed by atoms with E-state index in [-0.39, 0.29) is 5.91 Å². The van der Waals surface area contributed by atoms with Gasteiger partial charge < -0.3 is 5.32 Å². The maximum Gasteiger partial charge on any atom is 0.249 e. The third-order valence-corrected chi connectivity index (χ3v) is 4.49. The normalized spacial score (nSPS) is 11.1. The number of amides is 1. The highest BCUT2D eigenvalue weighted by Crippen LogP contribution is 2.17. The summed E-state index contributed by atoms with van der Waals surface area (Å²) < 4.78 is 1.96. The first-order valence-corrected chi connectivity index (χ1v) is 9.00. The maximum atomic E-state index is 12.1. The van der Waals surface area contributed by atoms with E-state index in [2.05, 4.69) is 46.6 Å². The Kier molecular flexibility index (Phi) is 5.72. The summed E-state index contributed by atoms with van der Waals surface area (Å²) in [5.41, 5.74) is 5.27. The van der Waals surface area contributed by atoms with E-state index in [0.29, 0.717) is 17.4 Å². The first kappa shape index (κ1) is 18.9. The number of hydrogen-bond acceptors (Lipinski definition) is 3. The zero-order chi connectivity index (χ0) is 19.4. The number of halogens is 1. The molecule has 1 aromatic carbocycles. The molecule has 2 heterocycles. The van der Waals surface area contributed by atoms with E-state index in [1.165, 1.54) is 23.4 Å². The van der Waals surface area contributed by atoms with Gasteiger partial charge in [0, 0.05) is 23.5 Å². The molecule has 5 nitrogen and oxygen atoms in total. The predicted molar refractivity (Wildman–Crippen MR) is 109 cm³/mol. The molecule has 6 heteroatoms. The Morgan fingerprint density at radius 2 is 1.89 bits per heavy atom. The lowest BCUT2D eigenvalue weighted by atomic mass is 10.1. The van der Waals surface area contributed by atoms with Crippen LogP contribution in [0.2, 0.25) is 5.02 Å². The smallest absolute Gasteiger partial charge is 0.249 e. The number of nitrogens with zero attached hydrogens (tertiary/aromatic N) is 3. The van der Waals surface area contributed by atoms with Crippen molar-refractivity contribution in [3.05, 3.63) is 81.8 Å². The molecule has 0 atom stereocenters. The average molecular weight is 381 g/mol. The van der Waals surface area contributed by atoms with Crippen LogP contribution in [0.3, 0.4) is 0 Å². The first-order valence-electron chi connectivity index (χ1n) is 8.62. The van der Waals surface area contributed by atoms with Gasteiger partial charge in [0.25, 0.3) is 0 Å². The number of nitrogens with one attached hydrogen (secondary N) is 1. The van der Waals surface area contributed by atoms with Crippen molar-refractivity contribution in [3.63, 3.8) is 0 Å². The molecular formula is C21H21ClN4O. The number of carbonyl (C=O) groups excluding carboxylic acids is 1. The van der Waals surface area contributed by atoms with Gasteiger partial charge in [0.1, 0.15) is 5.82 Å². The molecule has 1 amide bonds. The number of carbonyl (C=O) groups is 1. The molecule has 3 aromatic rings. The van der Waals surface area contributed by atoms with Gasteiger partial charge in [-0.1, -0.05) is 41.4 Å². The van der Waals surface area contributed by atoms with Crippen LogP contribution < -0.4 is 5.32 Å². The molecule has 1 N–H and O–H groups in total. The van der Waals surface area contributed by atoms with Crippen molar-refractivity contribution in [2.45, 2.75) is 27.3 Å². The molecule has 0 aliphatic rings. The number of benzene rings is 1. The Labute approximate surface area is 163 Å². The molecule has 0 saturated heterocycles. The van der Waals surface area contributed by atoms with Gasteiger partial charge in [-0.25, -0.2) is 4.98 Å². The molecule has 138 valence electrons. The summed E-state index contributed by atoms with van der Waals surface area (Å²) in [7, 11) is 0. The summed E-state index contributed by atoms with van der Waals surface area (Å²) in [6.45, 7) is 6.71. The van der Waals surface area contributed by atoms with Gasteiger partial charge in [-0.15, -0.1) is 0 Å². The summed E-state index contributed by atoms with van der Waals surface area (Å²) in [5, 5.41) is 7.84. The summed E-state index contributed by atoms with van der Waals surface area (Å²) in [4.78, 5) is 16.2. The fourth-order valence-corrected chi connectivity index (χ4v) is 2.86. The van der Waals surface area contributed by atoms with Gasteiger partial charge >= 0.3 is 0 Å². The second kappa shape index (κ2) is 8.18. The van der Waals surface area contributed by atoms with Crippen molar-refractivity contribution in [1.82, 2.24) is 14.8 Å². The number of rotatable bonds is 5. The van der Waals surface area contributed by atoms with Gasteiger partial charge in [0.15, 0.2) is 0 Å². The molecule has 27 heavy (non-hydrogen) atoms. The highest BCUT2D eigenvalue weighted by atomic mass is 35.5. The van der Waals surface area contributed by atoms with E-state index >= 15 is 0 Å². The number of aromatic nitrogens is 3. The number of anilines is 1. The largest absolute Gasteiger partial charge is 0.307 e. The molecule has 0 aliphatic heterocycles. The summed E-state index contributed by atoms with van der Waals surface area (Å²) >= 11 is 5.79. The molecule has 3 rings (SSSR count). The minimum Gasteiger partial charge on any atom is -0.307 e. The minimum atomic E-state index is -0.255. The molecule has 0 radical (unpaired) electrons. The van der Waals surface area contributed by atoms with Crippen LogP contribution in [0.1, 0.15) is 28.1 Å². The van der Waals surface area contributed by atoms with E-state index in [4.69, 9.17) is 11.6 Å². The zero-order valence-corrected chi connectivity index (χ0v) is 16.3. The van der Waals surface area contributed by atoms with Crippen molar-refractivity contribution in [2.75, 3.05) is 5.32 Å². The van der Waals surface area contributed by atoms with Crippen LogP contribution in [0.15, 0.2) is 48.7 Å². The molecule has 0 bridgehead atoms. The zero-order valence-electron chi connectivity index (χ0n) is 15.5. The summed E-state index contributed by atoms with van der Waals surface area (Å²) in [5.74, 6) is 0.201. The summed E-state index contributed by atoms with van der Waals surface area (Å²) in [6, 6.07) is 11.7. The van der Waals surface area contributed by atoms with E-state index in [0.717, 1.165) is 17.0 Å². The van der Waals surface area contributed by atoms with Crippen LogP contribution >= 0.6 is 11.6 Å². The molecule has 0 spiro atoms. The fourth-order valence-electron chi connectivity index (χ4n) is 2.75. The number of hydrogen-bond donors (Lipinski definition) is 1. The van der Waals surface area contributed by atoms with E-state index in [1.807, 2.05) is 18.5 Å². The predicted octanol–water partition coefficient (Wildman–Crippen LogP) is 4.56. The van der Waals surface area contributed by atoms with Crippen molar-refractivity contribution >= 4 is 29.4 Å². The second-order valence-corrected chi connectivity index (χ2v) is 6.85. The van der Waals surface area contributed by atoms with Gasteiger partial charge in [0.2, 0.25) is 5.91 Å². The molecule has 0 fully saturated rings. The van der Waals surface area contributed by atoms with Crippen LogP contribution in [0, 0.1) is 20.8 Å². The van der Waals surface area contributed by atoms with E-state index in [1.54, 1.807) is 18.2 Å². The van der Waals surface area contributed by atoms with Crippen molar-refractivity contribution in [2.24, 2.45) is 0 Å². The standard InChI is InChI=1S/C21H21ClN4O/c1-14-4-6-17(7-5-14)13-26-16(3)19(15(2)25-26)9-11-21(27)24-20-10-8-18(22)12-23-20/h4-12H,13H2,1-3H3,(H,23,24,27)/b11-9+. The van der Waals surface area contributed by atoms with Crippen LogP contribution in [0.25, 0.3) is 6.08 Å². The minimum absolute atomic E-state index is 0.255. The van der Waals surface area contributed by atoms with E-state index in [9.17, 15) is 4.79 Å². The van der Waals surface area contributed by atoms with Crippen LogP contribution in [-0.4, -0.2) is 20.7 Å². The van der Waals surface area contributed by atoms with Crippen molar-refractivity contribution < 1.29 is 4.79 Å². The van der Waals surface area contributed by atoms with Gasteiger partial charge in [-0.05, 0) is 44.5 Å². The quantitative estimate of drug-likeness (QED) is 0.660. The van der Waals surface area contributed by atoms with Gasteiger partial charge in [0.05, 0.1) is 17.3 Å². The third kappa shape index (κ3) is 4.83. The monoisotopic (exact) mass is 380 g/mol. The second-order valence-electron chi connectivity index (χ2n) is 6.41. The topological polar surface area (TPSA) is 59.8 Å². The van der Waals surface area contributed by atoms with Gasteiger partial charge in [-0.2, -0.15) is 5.10 Å². The third-order valence-electron chi connectivity index (χ3n) is 4.27. The average Bonchev–Trinajstić information content (AvgIpc) is 2.90. The number of pyridine rings is 1. The molecule has 0 saturated carbocycles. The SMILES string of the molecule is Cc1ccc(Cn2nc(C)c(/C=C/C(=O)Nc3ccc(Cl)cn3)c2C)cc1. The molecule has 2 aromatic heterocycles. The number of aryl methyl sites for hydroxylation is 2. The maximum absolute atomic E-state index is 12.1. The lowest BCUT2D eigenvalue weighted by Gasteiger charge is -2.05. The molecular weight excluding hydrogens is 360 g/mol. The molecule has 0 aliphatic carbocycles. The van der Waals surface area contributed by atoms with Crippen molar-refractivity contribution in [1.29, 1.82) is 0 Å². The van der Waals surface area contributed by atoms with Crippen LogP contribution in [0.5, 0.6) is 0 Å². The van der Waals surface area contributed by atoms with E-state index < -0.39 is 0 Å². The Morgan fingerprint density at radius 1 is 1.15 bits per heavy atom. The Balaban J connectivity index is 1.71. The first-order chi connectivity index (χ1) is 12.9.